The van der Waals surface area contributed by atoms with E-state index in [-0.39, 0.29) is 51.0 Å². The third-order valence-electron chi connectivity index (χ3n) is 5.59. The minimum absolute atomic E-state index is 0. The maximum atomic E-state index is 3.76. The zero-order valence-corrected chi connectivity index (χ0v) is 20.0. The Morgan fingerprint density at radius 3 is 1.93 bits per heavy atom. The first kappa shape index (κ1) is 22.4. The van der Waals surface area contributed by atoms with Crippen molar-refractivity contribution in [2.45, 2.75) is 13.3 Å². The van der Waals surface area contributed by atoms with Gasteiger partial charge in [0.2, 0.25) is 0 Å². The molecule has 0 fully saturated rings. The van der Waals surface area contributed by atoms with Crippen molar-refractivity contribution >= 4 is 18.4 Å². The molecule has 0 N–H and O–H groups in total. The van der Waals surface area contributed by atoms with Crippen LogP contribution in [0.5, 0.6) is 0 Å². The molecule has 3 aliphatic rings. The van der Waals surface area contributed by atoms with Gasteiger partial charge in [0.1, 0.15) is 0 Å². The fraction of sp³-hybridized carbons (Fsp3) is 0.130. The summed E-state index contributed by atoms with van der Waals surface area (Å²) in [6.45, 7) is 2.26. The van der Waals surface area contributed by atoms with Gasteiger partial charge in [-0.2, -0.15) is 10.4 Å². The molecule has 1 atom stereocenters. The van der Waals surface area contributed by atoms with Crippen LogP contribution < -0.4 is 35.2 Å². The van der Waals surface area contributed by atoms with E-state index >= 15 is 0 Å². The van der Waals surface area contributed by atoms with Gasteiger partial charge in [-0.05, 0) is 6.42 Å². The zero-order chi connectivity index (χ0) is 16.1. The molecule has 0 amide bonds. The minimum atomic E-state index is -1.88. The fourth-order valence-electron chi connectivity index (χ4n) is 4.60. The topological polar surface area (TPSA) is 0 Å². The number of rotatable bonds is 3. The third kappa shape index (κ3) is 3.25. The molecule has 1 aliphatic heterocycles. The van der Waals surface area contributed by atoms with Gasteiger partial charge in [0.05, 0.1) is 8.07 Å². The molecule has 2 aromatic carbocycles. The summed E-state index contributed by atoms with van der Waals surface area (Å²) < 4.78 is 0. The summed E-state index contributed by atoms with van der Waals surface area (Å²) in [5.41, 5.74) is 2.91. The number of halogens is 2. The molecule has 2 aliphatic carbocycles. The van der Waals surface area contributed by atoms with E-state index in [0.717, 1.165) is 6.42 Å². The van der Waals surface area contributed by atoms with E-state index in [1.165, 1.54) is 21.5 Å². The van der Waals surface area contributed by atoms with Crippen molar-refractivity contribution in [3.8, 4) is 0 Å². The van der Waals surface area contributed by atoms with E-state index in [4.69, 9.17) is 0 Å². The Kier molecular flexibility index (Phi) is 7.14. The molecule has 5 rings (SSSR count). The Hall–Kier alpha value is -0.920. The molecule has 0 saturated heterocycles. The van der Waals surface area contributed by atoms with Gasteiger partial charge in [0.25, 0.3) is 0 Å². The average molecular weight is 486 g/mol. The van der Waals surface area contributed by atoms with Gasteiger partial charge in [-0.1, -0.05) is 108 Å². The van der Waals surface area contributed by atoms with E-state index in [0.29, 0.717) is 5.92 Å². The molecule has 133 valence electrons. The van der Waals surface area contributed by atoms with Crippen LogP contribution in [-0.2, 0) is 26.2 Å². The summed E-state index contributed by atoms with van der Waals surface area (Å²) >= 11 is 0. The average Bonchev–Trinajstić information content (AvgIpc) is 2.92. The first-order valence-electron chi connectivity index (χ1n) is 8.65. The predicted octanol–water partition coefficient (Wildman–Crippen LogP) is -2.09. The zero-order valence-electron chi connectivity index (χ0n) is 15.0. The van der Waals surface area contributed by atoms with Crippen LogP contribution in [0, 0.1) is 12.0 Å². The van der Waals surface area contributed by atoms with Crippen molar-refractivity contribution in [1.29, 1.82) is 0 Å². The molecule has 0 bridgehead atoms. The minimum Gasteiger partial charge on any atom is -1.00 e. The smallest absolute Gasteiger partial charge is 1.00 e. The standard InChI is InChI=1S/C23H19Si.2ClH.Zr/c1-17-16-21(18-10-8-9-11-18)23-22(17)24(23,19-12-4-2-5-13-19)20-14-6-3-7-15-20;;;/h2-10,12-15,21H,11H2,1H3;2*1H;/q-1;;;+3/p-2. The monoisotopic (exact) mass is 483 g/mol. The van der Waals surface area contributed by atoms with Crippen molar-refractivity contribution in [2.24, 2.45) is 5.92 Å². The molecule has 1 radical (unpaired) electrons. The maximum Gasteiger partial charge on any atom is 3.00 e. The van der Waals surface area contributed by atoms with Crippen molar-refractivity contribution in [1.82, 2.24) is 0 Å². The fourth-order valence-corrected chi connectivity index (χ4v) is 10.2. The molecule has 1 unspecified atom stereocenters. The third-order valence-corrected chi connectivity index (χ3v) is 10.5. The van der Waals surface area contributed by atoms with Gasteiger partial charge >= 0.3 is 26.2 Å². The van der Waals surface area contributed by atoms with E-state index in [9.17, 15) is 0 Å². The summed E-state index contributed by atoms with van der Waals surface area (Å²) in [4.78, 5) is 0. The number of hydrogen-bond acceptors (Lipinski definition) is 0. The van der Waals surface area contributed by atoms with Crippen molar-refractivity contribution in [2.75, 3.05) is 0 Å². The molecule has 27 heavy (non-hydrogen) atoms. The summed E-state index contributed by atoms with van der Waals surface area (Å²) in [5, 5.41) is 6.38. The molecular formula is C23H19Cl2SiZr. The Balaban J connectivity index is 0.000000871. The number of allylic oxidation sites excluding steroid dienone is 8. The van der Waals surface area contributed by atoms with E-state index in [1.807, 2.05) is 0 Å². The van der Waals surface area contributed by atoms with Crippen LogP contribution in [0.3, 0.4) is 0 Å². The van der Waals surface area contributed by atoms with Gasteiger partial charge in [0.15, 0.2) is 0 Å². The summed E-state index contributed by atoms with van der Waals surface area (Å²) in [6, 6.07) is 22.4. The molecular weight excluding hydrogens is 466 g/mol. The summed E-state index contributed by atoms with van der Waals surface area (Å²) in [6.07, 6.45) is 11.6. The summed E-state index contributed by atoms with van der Waals surface area (Å²) in [5.74, 6) is 0.405. The van der Waals surface area contributed by atoms with Crippen LogP contribution in [0.15, 0.2) is 100 Å². The van der Waals surface area contributed by atoms with Gasteiger partial charge in [-0.25, -0.2) is 5.57 Å². The second-order valence-electron chi connectivity index (χ2n) is 6.85. The molecule has 0 nitrogen and oxygen atoms in total. The Morgan fingerprint density at radius 1 is 0.889 bits per heavy atom. The maximum absolute atomic E-state index is 3.76. The second-order valence-corrected chi connectivity index (χ2v) is 10.5. The van der Waals surface area contributed by atoms with Crippen molar-refractivity contribution in [3.05, 3.63) is 107 Å². The van der Waals surface area contributed by atoms with Crippen molar-refractivity contribution in [3.63, 3.8) is 0 Å². The SMILES string of the molecule is CC1=[C-]C(C2=CC=CC2)C2=C1[Si]2(c1ccccc1)c1ccccc1.[Cl-].[Cl-].[Zr+3]. The van der Waals surface area contributed by atoms with Crippen LogP contribution in [0.4, 0.5) is 0 Å². The Bertz CT molecular complexity index is 903. The van der Waals surface area contributed by atoms with Crippen LogP contribution in [-0.4, -0.2) is 8.07 Å². The quantitative estimate of drug-likeness (QED) is 0.346. The Labute approximate surface area is 194 Å². The van der Waals surface area contributed by atoms with Crippen molar-refractivity contribution < 1.29 is 51.0 Å². The molecule has 0 aromatic heterocycles. The number of hydrogen-bond donors (Lipinski definition) is 0. The first-order chi connectivity index (χ1) is 11.8. The largest absolute Gasteiger partial charge is 3.00 e. The van der Waals surface area contributed by atoms with Crippen LogP contribution in [0.1, 0.15) is 13.3 Å². The molecule has 0 saturated carbocycles. The van der Waals surface area contributed by atoms with E-state index in [1.54, 1.807) is 10.4 Å². The molecule has 2 aromatic rings. The van der Waals surface area contributed by atoms with Crippen LogP contribution in [0.2, 0.25) is 0 Å². The van der Waals surface area contributed by atoms with E-state index in [2.05, 4.69) is 91.9 Å². The molecule has 1 heterocycles. The number of benzene rings is 2. The molecule has 4 heteroatoms. The van der Waals surface area contributed by atoms with Crippen LogP contribution in [0.25, 0.3) is 0 Å². The second kappa shape index (κ2) is 8.62. The van der Waals surface area contributed by atoms with Gasteiger partial charge in [-0.3, -0.25) is 6.08 Å². The van der Waals surface area contributed by atoms with E-state index < -0.39 is 8.07 Å². The van der Waals surface area contributed by atoms with Gasteiger partial charge in [-0.15, -0.1) is 0 Å². The Morgan fingerprint density at radius 2 is 1.44 bits per heavy atom. The van der Waals surface area contributed by atoms with Gasteiger partial charge in [0, 0.05) is 0 Å². The normalized spacial score (nSPS) is 20.6. The van der Waals surface area contributed by atoms with Gasteiger partial charge < -0.3 is 24.8 Å². The summed E-state index contributed by atoms with van der Waals surface area (Å²) in [7, 11) is -1.88. The predicted molar refractivity (Wildman–Crippen MR) is 103 cm³/mol. The van der Waals surface area contributed by atoms with Crippen LogP contribution >= 0.6 is 0 Å². The first-order valence-corrected chi connectivity index (χ1v) is 10.7. The molecule has 0 spiro atoms.